The van der Waals surface area contributed by atoms with E-state index in [4.69, 9.17) is 16.7 Å². The number of hydrogen-bond donors (Lipinski definition) is 3. The first-order chi connectivity index (χ1) is 13.1. The van der Waals surface area contributed by atoms with Gasteiger partial charge in [0.25, 0.3) is 5.91 Å². The molecule has 2 aliphatic rings. The Balaban J connectivity index is 0.00000280. The summed E-state index contributed by atoms with van der Waals surface area (Å²) in [5, 5.41) is 15.7. The molecule has 0 atom stereocenters. The zero-order chi connectivity index (χ0) is 19.1. The summed E-state index contributed by atoms with van der Waals surface area (Å²) < 4.78 is 0. The van der Waals surface area contributed by atoms with Crippen LogP contribution in [0.5, 0.6) is 0 Å². The van der Waals surface area contributed by atoms with Gasteiger partial charge in [0.15, 0.2) is 0 Å². The van der Waals surface area contributed by atoms with Crippen molar-refractivity contribution < 1.29 is 9.90 Å². The maximum absolute atomic E-state index is 12.8. The lowest BCUT2D eigenvalue weighted by atomic mass is 9.62. The smallest absolute Gasteiger partial charge is 0.252 e. The third kappa shape index (κ3) is 6.20. The van der Waals surface area contributed by atoms with Crippen LogP contribution in [0.25, 0.3) is 0 Å². The summed E-state index contributed by atoms with van der Waals surface area (Å²) in [7, 11) is 0. The summed E-state index contributed by atoms with van der Waals surface area (Å²) in [4.78, 5) is 12.8. The molecule has 0 unspecified atom stereocenters. The Morgan fingerprint density at radius 1 is 1.21 bits per heavy atom. The molecule has 0 aromatic heterocycles. The number of aliphatic hydroxyl groups excluding tert-OH is 1. The van der Waals surface area contributed by atoms with Crippen LogP contribution >= 0.6 is 11.6 Å². The van der Waals surface area contributed by atoms with Crippen molar-refractivity contribution in [1.82, 2.24) is 10.6 Å². The Kier molecular flexibility index (Phi) is 9.26. The molecular weight excluding hydrogens is 372 g/mol. The van der Waals surface area contributed by atoms with E-state index in [0.717, 1.165) is 37.4 Å². The minimum atomic E-state index is -0.0395. The van der Waals surface area contributed by atoms with Gasteiger partial charge in [0.05, 0.1) is 17.2 Å². The van der Waals surface area contributed by atoms with Crippen LogP contribution in [-0.4, -0.2) is 37.3 Å². The SMILES string of the molecule is O=C(NCC12CCCC(CCC1)C2)c1cc(CCCNCCO)ccc1Cl.[CH2]. The summed E-state index contributed by atoms with van der Waals surface area (Å²) in [6.45, 7) is 2.42. The van der Waals surface area contributed by atoms with Crippen LogP contribution in [0.3, 0.4) is 0 Å². The number of amides is 1. The van der Waals surface area contributed by atoms with Crippen LogP contribution in [0.4, 0.5) is 0 Å². The van der Waals surface area contributed by atoms with Gasteiger partial charge in [-0.25, -0.2) is 0 Å². The monoisotopic (exact) mass is 406 g/mol. The van der Waals surface area contributed by atoms with E-state index in [1.165, 1.54) is 44.9 Å². The zero-order valence-corrected chi connectivity index (χ0v) is 17.7. The molecule has 4 nitrogen and oxygen atoms in total. The van der Waals surface area contributed by atoms with Crippen LogP contribution in [0.1, 0.15) is 67.3 Å². The maximum Gasteiger partial charge on any atom is 0.252 e. The summed E-state index contributed by atoms with van der Waals surface area (Å²) in [5.74, 6) is 0.832. The lowest BCUT2D eigenvalue weighted by molar-refractivity contribution is 0.0681. The Hall–Kier alpha value is -1.10. The Labute approximate surface area is 175 Å². The fraction of sp³-hybridized carbons (Fsp3) is 0.652. The molecule has 0 heterocycles. The second kappa shape index (κ2) is 11.2. The third-order valence-corrected chi connectivity index (χ3v) is 6.70. The number of fused-ring (bicyclic) bond motifs is 2. The molecule has 0 aliphatic heterocycles. The molecule has 1 aromatic carbocycles. The largest absolute Gasteiger partial charge is 0.395 e. The first-order valence-corrected chi connectivity index (χ1v) is 10.9. The van der Waals surface area contributed by atoms with Crippen LogP contribution in [0.2, 0.25) is 5.02 Å². The normalized spacial score (nSPS) is 23.7. The molecule has 2 fully saturated rings. The highest BCUT2D eigenvalue weighted by Gasteiger charge is 2.39. The molecule has 0 spiro atoms. The van der Waals surface area contributed by atoms with Gasteiger partial charge in [0.2, 0.25) is 0 Å². The lowest BCUT2D eigenvalue weighted by Gasteiger charge is -2.45. The Morgan fingerprint density at radius 3 is 2.68 bits per heavy atom. The van der Waals surface area contributed by atoms with E-state index in [-0.39, 0.29) is 19.9 Å². The first-order valence-electron chi connectivity index (χ1n) is 10.5. The van der Waals surface area contributed by atoms with Crippen molar-refractivity contribution in [2.75, 3.05) is 26.2 Å². The molecule has 2 saturated carbocycles. The summed E-state index contributed by atoms with van der Waals surface area (Å²) in [6, 6.07) is 5.77. The van der Waals surface area contributed by atoms with Crippen molar-refractivity contribution in [1.29, 1.82) is 0 Å². The standard InChI is InChI=1S/C22H33ClN2O2.CH2/c23-20-8-7-17(6-3-11-24-12-13-26)14-19(20)21(27)25-16-22-9-1-4-18(15-22)5-2-10-22;/h7-8,14,18,24,26H,1-6,9-13,15-16H2,(H,25,27);1H2. The van der Waals surface area contributed by atoms with Crippen molar-refractivity contribution in [3.05, 3.63) is 41.8 Å². The average Bonchev–Trinajstić information content (AvgIpc) is 2.67. The fourth-order valence-corrected chi connectivity index (χ4v) is 5.16. The van der Waals surface area contributed by atoms with Crippen LogP contribution in [0, 0.1) is 18.8 Å². The van der Waals surface area contributed by atoms with Crippen LogP contribution in [0.15, 0.2) is 18.2 Å². The predicted molar refractivity (Wildman–Crippen MR) is 116 cm³/mol. The lowest BCUT2D eigenvalue weighted by Crippen LogP contribution is -2.43. The van der Waals surface area contributed by atoms with E-state index < -0.39 is 0 Å². The van der Waals surface area contributed by atoms with E-state index in [2.05, 4.69) is 10.6 Å². The Bertz CT molecular complexity index is 625. The quantitative estimate of drug-likeness (QED) is 0.536. The number of aryl methyl sites for hydroxylation is 1. The van der Waals surface area contributed by atoms with Crippen molar-refractivity contribution in [2.24, 2.45) is 11.3 Å². The molecule has 5 heteroatoms. The van der Waals surface area contributed by atoms with E-state index in [1.807, 2.05) is 18.2 Å². The molecular formula is C23H35ClN2O2. The number of carbonyl (C=O) groups excluding carboxylic acids is 1. The molecule has 3 rings (SSSR count). The number of rotatable bonds is 9. The van der Waals surface area contributed by atoms with E-state index in [9.17, 15) is 4.79 Å². The zero-order valence-electron chi connectivity index (χ0n) is 16.9. The van der Waals surface area contributed by atoms with Gasteiger partial charge in [-0.1, -0.05) is 50.8 Å². The van der Waals surface area contributed by atoms with Gasteiger partial charge in [-0.05, 0) is 67.7 Å². The van der Waals surface area contributed by atoms with Crippen molar-refractivity contribution >= 4 is 17.5 Å². The highest BCUT2D eigenvalue weighted by atomic mass is 35.5. The molecule has 28 heavy (non-hydrogen) atoms. The summed E-state index contributed by atoms with van der Waals surface area (Å²) >= 11 is 6.32. The van der Waals surface area contributed by atoms with Gasteiger partial charge >= 0.3 is 0 Å². The van der Waals surface area contributed by atoms with E-state index >= 15 is 0 Å². The summed E-state index contributed by atoms with van der Waals surface area (Å²) in [6.07, 6.45) is 11.0. The van der Waals surface area contributed by atoms with E-state index in [0.29, 0.717) is 22.5 Å². The average molecular weight is 407 g/mol. The number of nitrogens with one attached hydrogen (secondary N) is 2. The summed E-state index contributed by atoms with van der Waals surface area (Å²) in [5.41, 5.74) is 2.04. The first kappa shape index (κ1) is 23.2. The number of benzene rings is 1. The molecule has 1 aromatic rings. The van der Waals surface area contributed by atoms with Crippen LogP contribution < -0.4 is 10.6 Å². The van der Waals surface area contributed by atoms with Crippen molar-refractivity contribution in [3.8, 4) is 0 Å². The molecule has 2 aliphatic carbocycles. The molecule has 2 radical (unpaired) electrons. The minimum Gasteiger partial charge on any atom is -0.395 e. The van der Waals surface area contributed by atoms with Gasteiger partial charge in [-0.2, -0.15) is 0 Å². The third-order valence-electron chi connectivity index (χ3n) is 6.37. The van der Waals surface area contributed by atoms with Gasteiger partial charge in [-0.15, -0.1) is 0 Å². The topological polar surface area (TPSA) is 61.4 Å². The van der Waals surface area contributed by atoms with Gasteiger partial charge in [0, 0.05) is 13.1 Å². The van der Waals surface area contributed by atoms with Crippen LogP contribution in [-0.2, 0) is 6.42 Å². The predicted octanol–water partition coefficient (Wildman–Crippen LogP) is 4.27. The second-order valence-electron chi connectivity index (χ2n) is 8.43. The number of hydrogen-bond acceptors (Lipinski definition) is 3. The number of halogens is 1. The fourth-order valence-electron chi connectivity index (χ4n) is 4.96. The Morgan fingerprint density at radius 2 is 1.96 bits per heavy atom. The van der Waals surface area contributed by atoms with Gasteiger partial charge in [-0.3, -0.25) is 4.79 Å². The molecule has 3 N–H and O–H groups in total. The second-order valence-corrected chi connectivity index (χ2v) is 8.84. The molecule has 0 saturated heterocycles. The van der Waals surface area contributed by atoms with Crippen molar-refractivity contribution in [2.45, 2.75) is 57.8 Å². The minimum absolute atomic E-state index is 0. The number of aliphatic hydroxyl groups is 1. The molecule has 2 bridgehead atoms. The van der Waals surface area contributed by atoms with Crippen molar-refractivity contribution in [3.63, 3.8) is 0 Å². The van der Waals surface area contributed by atoms with Gasteiger partial charge < -0.3 is 15.7 Å². The molecule has 156 valence electrons. The highest BCUT2D eigenvalue weighted by Crippen LogP contribution is 2.48. The maximum atomic E-state index is 12.8. The molecule has 1 amide bonds. The number of carbonyl (C=O) groups is 1. The van der Waals surface area contributed by atoms with Gasteiger partial charge in [0.1, 0.15) is 0 Å². The highest BCUT2D eigenvalue weighted by molar-refractivity contribution is 6.33. The van der Waals surface area contributed by atoms with E-state index in [1.54, 1.807) is 0 Å².